The minimum absolute atomic E-state index is 0.494. The Hall–Kier alpha value is -2.04. The molecular formula is C50H80Cl2O4. The van der Waals surface area contributed by atoms with Crippen LogP contribution in [0.1, 0.15) is 207 Å². The Morgan fingerprint density at radius 2 is 0.661 bits per heavy atom. The van der Waals surface area contributed by atoms with Gasteiger partial charge in [0.1, 0.15) is 23.0 Å². The molecule has 0 bridgehead atoms. The summed E-state index contributed by atoms with van der Waals surface area (Å²) in [5.41, 5.74) is 0. The Kier molecular flexibility index (Phi) is 26.7. The molecule has 0 aliphatic rings. The van der Waals surface area contributed by atoms with Crippen molar-refractivity contribution in [1.29, 1.82) is 0 Å². The second-order valence-corrected chi connectivity index (χ2v) is 16.9. The molecule has 318 valence electrons. The SMILES string of the molecule is CCCCCCCCCOc1ccc(OCCCCCCCCC)c2c(OCCCCCCCCC)c3c(Cl)c(Cl)ccc3c(OCCCCCCCCC)c12. The van der Waals surface area contributed by atoms with E-state index in [1.54, 1.807) is 0 Å². The van der Waals surface area contributed by atoms with Crippen LogP contribution < -0.4 is 18.9 Å². The number of unbranched alkanes of at least 4 members (excludes halogenated alkanes) is 24. The maximum absolute atomic E-state index is 7.17. The van der Waals surface area contributed by atoms with Gasteiger partial charge in [-0.25, -0.2) is 0 Å². The van der Waals surface area contributed by atoms with Crippen LogP contribution in [0.3, 0.4) is 0 Å². The molecule has 0 N–H and O–H groups in total. The Bertz CT molecular complexity index is 1460. The van der Waals surface area contributed by atoms with Crippen molar-refractivity contribution in [3.63, 3.8) is 0 Å². The van der Waals surface area contributed by atoms with Crippen LogP contribution in [0, 0.1) is 0 Å². The van der Waals surface area contributed by atoms with Crippen molar-refractivity contribution in [2.75, 3.05) is 26.4 Å². The summed E-state index contributed by atoms with van der Waals surface area (Å²) < 4.78 is 27.2. The van der Waals surface area contributed by atoms with Crippen molar-refractivity contribution in [3.05, 3.63) is 34.3 Å². The molecule has 0 aliphatic carbocycles. The lowest BCUT2D eigenvalue weighted by Gasteiger charge is -2.23. The van der Waals surface area contributed by atoms with Gasteiger partial charge in [-0.3, -0.25) is 0 Å². The molecule has 0 radical (unpaired) electrons. The first-order chi connectivity index (χ1) is 27.6. The van der Waals surface area contributed by atoms with Crippen LogP contribution in [-0.4, -0.2) is 26.4 Å². The van der Waals surface area contributed by atoms with Gasteiger partial charge in [-0.05, 0) is 49.9 Å². The third-order valence-electron chi connectivity index (χ3n) is 11.1. The molecule has 3 aromatic carbocycles. The Labute approximate surface area is 353 Å². The predicted octanol–water partition coefficient (Wildman–Crippen LogP) is 17.8. The topological polar surface area (TPSA) is 36.9 Å². The summed E-state index contributed by atoms with van der Waals surface area (Å²) >= 11 is 14.0. The van der Waals surface area contributed by atoms with E-state index in [0.29, 0.717) is 36.5 Å². The molecular weight excluding hydrogens is 735 g/mol. The first kappa shape index (κ1) is 48.3. The molecule has 0 heterocycles. The third kappa shape index (κ3) is 17.4. The zero-order chi connectivity index (χ0) is 40.1. The highest BCUT2D eigenvalue weighted by atomic mass is 35.5. The molecule has 0 saturated heterocycles. The van der Waals surface area contributed by atoms with E-state index in [4.69, 9.17) is 42.1 Å². The van der Waals surface area contributed by atoms with Gasteiger partial charge in [0, 0.05) is 10.8 Å². The van der Waals surface area contributed by atoms with E-state index in [0.717, 1.165) is 83.1 Å². The lowest BCUT2D eigenvalue weighted by molar-refractivity contribution is 0.290. The van der Waals surface area contributed by atoms with Gasteiger partial charge < -0.3 is 18.9 Å². The standard InChI is InChI=1S/C50H80Cl2O4/c1-5-9-13-17-21-25-29-37-53-43-35-36-44(54-38-30-26-22-18-14-10-6-2)47-46(43)49(55-39-31-27-23-19-15-11-7-3)41-33-34-42(51)48(52)45(41)50(47)56-40-32-28-24-20-16-12-8-4/h33-36H,5-32,37-40H2,1-4H3. The minimum Gasteiger partial charge on any atom is -0.493 e. The van der Waals surface area contributed by atoms with E-state index in [-0.39, 0.29) is 0 Å². The van der Waals surface area contributed by atoms with Crippen molar-refractivity contribution in [2.24, 2.45) is 0 Å². The molecule has 56 heavy (non-hydrogen) atoms. The van der Waals surface area contributed by atoms with E-state index >= 15 is 0 Å². The molecule has 0 spiro atoms. The van der Waals surface area contributed by atoms with E-state index in [9.17, 15) is 0 Å². The van der Waals surface area contributed by atoms with Gasteiger partial charge >= 0.3 is 0 Å². The number of halogens is 2. The smallest absolute Gasteiger partial charge is 0.140 e. The molecule has 0 aromatic heterocycles. The van der Waals surface area contributed by atoms with E-state index in [1.807, 2.05) is 6.07 Å². The molecule has 4 nitrogen and oxygen atoms in total. The average molecular weight is 816 g/mol. The van der Waals surface area contributed by atoms with Crippen LogP contribution in [0.5, 0.6) is 23.0 Å². The fraction of sp³-hybridized carbons (Fsp3) is 0.720. The van der Waals surface area contributed by atoms with Gasteiger partial charge in [0.05, 0.1) is 47.2 Å². The fourth-order valence-corrected chi connectivity index (χ4v) is 8.13. The number of benzene rings is 3. The number of hydrogen-bond donors (Lipinski definition) is 0. The van der Waals surface area contributed by atoms with Crippen molar-refractivity contribution >= 4 is 44.7 Å². The summed E-state index contributed by atoms with van der Waals surface area (Å²) in [7, 11) is 0. The molecule has 6 heteroatoms. The van der Waals surface area contributed by atoms with Gasteiger partial charge in [0.15, 0.2) is 0 Å². The Balaban J connectivity index is 2.01. The van der Waals surface area contributed by atoms with Gasteiger partial charge in [-0.15, -0.1) is 0 Å². The van der Waals surface area contributed by atoms with Gasteiger partial charge in [-0.2, -0.15) is 0 Å². The molecule has 0 atom stereocenters. The molecule has 0 aliphatic heterocycles. The molecule has 0 unspecified atom stereocenters. The molecule has 3 aromatic rings. The maximum atomic E-state index is 7.17. The summed E-state index contributed by atoms with van der Waals surface area (Å²) in [4.78, 5) is 0. The number of hydrogen-bond acceptors (Lipinski definition) is 4. The summed E-state index contributed by atoms with van der Waals surface area (Å²) in [6, 6.07) is 8.11. The normalized spacial score (nSPS) is 11.5. The Morgan fingerprint density at radius 1 is 0.339 bits per heavy atom. The zero-order valence-corrected chi connectivity index (χ0v) is 37.8. The minimum atomic E-state index is 0.494. The molecule has 3 rings (SSSR count). The first-order valence-corrected chi connectivity index (χ1v) is 24.3. The lowest BCUT2D eigenvalue weighted by atomic mass is 9.98. The second-order valence-electron chi connectivity index (χ2n) is 16.1. The number of ether oxygens (including phenoxy) is 4. The summed E-state index contributed by atoms with van der Waals surface area (Å²) in [5.74, 6) is 3.13. The van der Waals surface area contributed by atoms with Crippen molar-refractivity contribution in [3.8, 4) is 23.0 Å². The van der Waals surface area contributed by atoms with Gasteiger partial charge in [0.2, 0.25) is 0 Å². The van der Waals surface area contributed by atoms with Crippen LogP contribution in [0.2, 0.25) is 10.0 Å². The largest absolute Gasteiger partial charge is 0.493 e. The quantitative estimate of drug-likeness (QED) is 0.0433. The fourth-order valence-electron chi connectivity index (χ4n) is 7.72. The summed E-state index contributed by atoms with van der Waals surface area (Å²) in [6.07, 6.45) is 34.4. The van der Waals surface area contributed by atoms with E-state index < -0.39 is 0 Å². The van der Waals surface area contributed by atoms with E-state index in [2.05, 4.69) is 45.9 Å². The highest BCUT2D eigenvalue weighted by Crippen LogP contribution is 2.53. The average Bonchev–Trinajstić information content (AvgIpc) is 3.20. The van der Waals surface area contributed by atoms with Crippen molar-refractivity contribution in [2.45, 2.75) is 207 Å². The number of rotatable bonds is 36. The van der Waals surface area contributed by atoms with Gasteiger partial charge in [-0.1, -0.05) is 205 Å². The maximum Gasteiger partial charge on any atom is 0.140 e. The van der Waals surface area contributed by atoms with Crippen LogP contribution in [0.4, 0.5) is 0 Å². The second kappa shape index (κ2) is 31.0. The highest BCUT2D eigenvalue weighted by Gasteiger charge is 2.26. The van der Waals surface area contributed by atoms with Crippen molar-refractivity contribution in [1.82, 2.24) is 0 Å². The summed E-state index contributed by atoms with van der Waals surface area (Å²) in [6.45, 7) is 11.6. The van der Waals surface area contributed by atoms with Gasteiger partial charge in [0.25, 0.3) is 0 Å². The third-order valence-corrected chi connectivity index (χ3v) is 12.0. The highest BCUT2D eigenvalue weighted by molar-refractivity contribution is 6.46. The lowest BCUT2D eigenvalue weighted by Crippen LogP contribution is -2.06. The predicted molar refractivity (Wildman–Crippen MR) is 245 cm³/mol. The van der Waals surface area contributed by atoms with Crippen LogP contribution in [0.15, 0.2) is 24.3 Å². The monoisotopic (exact) mass is 815 g/mol. The van der Waals surface area contributed by atoms with Crippen molar-refractivity contribution < 1.29 is 18.9 Å². The van der Waals surface area contributed by atoms with Crippen LogP contribution >= 0.6 is 23.2 Å². The molecule has 0 fully saturated rings. The van der Waals surface area contributed by atoms with E-state index in [1.165, 1.54) is 141 Å². The zero-order valence-electron chi connectivity index (χ0n) is 36.3. The Morgan fingerprint density at radius 3 is 1.05 bits per heavy atom. The molecule has 0 saturated carbocycles. The first-order valence-electron chi connectivity index (χ1n) is 23.5. The summed E-state index contributed by atoms with van der Waals surface area (Å²) in [5, 5.41) is 4.53. The molecule has 0 amide bonds. The van der Waals surface area contributed by atoms with Crippen LogP contribution in [-0.2, 0) is 0 Å². The van der Waals surface area contributed by atoms with Crippen LogP contribution in [0.25, 0.3) is 21.5 Å². The number of fused-ring (bicyclic) bond motifs is 2.